The maximum absolute atomic E-state index is 13.4. The Hall–Kier alpha value is -2.72. The second-order valence-corrected chi connectivity index (χ2v) is 6.50. The summed E-state index contributed by atoms with van der Waals surface area (Å²) in [4.78, 5) is 20.0. The summed E-state index contributed by atoms with van der Waals surface area (Å²) in [6, 6.07) is 9.80. The molecule has 5 nitrogen and oxygen atoms in total. The minimum absolute atomic E-state index is 0.272. The molecule has 0 saturated carbocycles. The molecule has 0 spiro atoms. The van der Waals surface area contributed by atoms with Gasteiger partial charge in [0.05, 0.1) is 12.2 Å². The Bertz CT molecular complexity index is 1000. The van der Waals surface area contributed by atoms with Crippen LogP contribution in [0.3, 0.4) is 0 Å². The number of hydrogen-bond donors (Lipinski definition) is 0. The molecule has 24 heavy (non-hydrogen) atoms. The highest BCUT2D eigenvalue weighted by atomic mass is 32.1. The van der Waals surface area contributed by atoms with Crippen LogP contribution in [-0.4, -0.2) is 15.9 Å². The van der Waals surface area contributed by atoms with Gasteiger partial charge in [0.2, 0.25) is 0 Å². The van der Waals surface area contributed by atoms with Crippen LogP contribution in [0, 0.1) is 24.1 Å². The second kappa shape index (κ2) is 6.42. The molecular weight excluding hydrogens is 327 g/mol. The first kappa shape index (κ1) is 16.1. The average Bonchev–Trinajstić information content (AvgIpc) is 2.88. The van der Waals surface area contributed by atoms with E-state index in [2.05, 4.69) is 4.98 Å². The highest BCUT2D eigenvalue weighted by Crippen LogP contribution is 2.21. The van der Waals surface area contributed by atoms with Crippen LogP contribution in [-0.2, 0) is 6.54 Å². The number of aromatic nitrogens is 2. The molecule has 0 bridgehead atoms. The third-order valence-electron chi connectivity index (χ3n) is 3.76. The molecule has 0 amide bonds. The van der Waals surface area contributed by atoms with Crippen LogP contribution in [0.2, 0.25) is 0 Å². The number of hydrogen-bond acceptors (Lipinski definition) is 5. The van der Waals surface area contributed by atoms with Crippen molar-refractivity contribution in [2.75, 3.05) is 11.4 Å². The van der Waals surface area contributed by atoms with Gasteiger partial charge in [-0.05, 0) is 32.0 Å². The molecular formula is C17H15FN4OS. The van der Waals surface area contributed by atoms with Gasteiger partial charge >= 0.3 is 0 Å². The molecule has 0 radical (unpaired) electrons. The number of anilines is 1. The molecule has 3 rings (SSSR count). The lowest BCUT2D eigenvalue weighted by Crippen LogP contribution is -2.25. The Morgan fingerprint density at radius 2 is 2.21 bits per heavy atom. The number of benzene rings is 1. The first-order valence-corrected chi connectivity index (χ1v) is 8.27. The van der Waals surface area contributed by atoms with Crippen molar-refractivity contribution in [1.29, 1.82) is 5.26 Å². The molecule has 0 atom stereocenters. The van der Waals surface area contributed by atoms with Crippen molar-refractivity contribution in [3.05, 3.63) is 62.8 Å². The van der Waals surface area contributed by atoms with Gasteiger partial charge < -0.3 is 4.90 Å². The van der Waals surface area contributed by atoms with Gasteiger partial charge in [0.15, 0.2) is 4.96 Å². The van der Waals surface area contributed by atoms with Crippen LogP contribution >= 0.6 is 11.3 Å². The summed E-state index contributed by atoms with van der Waals surface area (Å²) in [6.45, 7) is 4.80. The van der Waals surface area contributed by atoms with Crippen LogP contribution in [0.25, 0.3) is 4.96 Å². The van der Waals surface area contributed by atoms with Gasteiger partial charge in [0, 0.05) is 23.2 Å². The summed E-state index contributed by atoms with van der Waals surface area (Å²) in [7, 11) is 0. The Morgan fingerprint density at radius 3 is 2.88 bits per heavy atom. The smallest absolute Gasteiger partial charge is 0.259 e. The summed E-state index contributed by atoms with van der Waals surface area (Å²) in [5.74, 6) is -0.304. The number of halogens is 1. The van der Waals surface area contributed by atoms with E-state index in [1.54, 1.807) is 13.0 Å². The highest BCUT2D eigenvalue weighted by molar-refractivity contribution is 7.17. The Balaban J connectivity index is 2.01. The number of thiazole rings is 1. The standard InChI is InChI=1S/C17H15FN4OS/c1-3-21(14-6-4-5-12(18)7-14)10-13-8-16(23)22-15(9-19)11(2)24-17(22)20-13/h4-8H,3,10H2,1-2H3. The minimum Gasteiger partial charge on any atom is -0.366 e. The fourth-order valence-corrected chi connectivity index (χ4v) is 3.53. The third-order valence-corrected chi connectivity index (χ3v) is 4.71. The second-order valence-electron chi connectivity index (χ2n) is 5.32. The average molecular weight is 342 g/mol. The van der Waals surface area contributed by atoms with Crippen LogP contribution in [0.4, 0.5) is 10.1 Å². The van der Waals surface area contributed by atoms with Crippen molar-refractivity contribution in [1.82, 2.24) is 9.38 Å². The number of aryl methyl sites for hydroxylation is 1. The minimum atomic E-state index is -0.304. The van der Waals surface area contributed by atoms with Crippen molar-refractivity contribution in [3.8, 4) is 6.07 Å². The maximum Gasteiger partial charge on any atom is 0.259 e. The van der Waals surface area contributed by atoms with Crippen molar-refractivity contribution < 1.29 is 4.39 Å². The van der Waals surface area contributed by atoms with Crippen LogP contribution in [0.15, 0.2) is 35.1 Å². The number of nitriles is 1. The SMILES string of the molecule is CCN(Cc1cc(=O)n2c(C#N)c(C)sc2n1)c1cccc(F)c1. The lowest BCUT2D eigenvalue weighted by molar-refractivity contribution is 0.626. The fourth-order valence-electron chi connectivity index (χ4n) is 2.59. The molecule has 1 aromatic carbocycles. The lowest BCUT2D eigenvalue weighted by atomic mass is 10.2. The Kier molecular flexibility index (Phi) is 4.32. The first-order valence-electron chi connectivity index (χ1n) is 7.46. The largest absolute Gasteiger partial charge is 0.366 e. The summed E-state index contributed by atoms with van der Waals surface area (Å²) in [5, 5.41) is 9.18. The zero-order valence-electron chi connectivity index (χ0n) is 13.3. The third kappa shape index (κ3) is 2.88. The van der Waals surface area contributed by atoms with E-state index in [1.807, 2.05) is 24.0 Å². The number of nitrogens with zero attached hydrogens (tertiary/aromatic N) is 4. The quantitative estimate of drug-likeness (QED) is 0.731. The zero-order valence-corrected chi connectivity index (χ0v) is 14.1. The van der Waals surface area contributed by atoms with Crippen molar-refractivity contribution >= 4 is 22.0 Å². The predicted octanol–water partition coefficient (Wildman–Crippen LogP) is 3.10. The molecule has 3 aromatic rings. The number of fused-ring (bicyclic) bond motifs is 1. The molecule has 0 aliphatic rings. The van der Waals surface area contributed by atoms with E-state index < -0.39 is 0 Å². The van der Waals surface area contributed by atoms with Crippen molar-refractivity contribution in [3.63, 3.8) is 0 Å². The van der Waals surface area contributed by atoms with Gasteiger partial charge in [-0.3, -0.25) is 4.79 Å². The van der Waals surface area contributed by atoms with E-state index in [-0.39, 0.29) is 11.4 Å². The van der Waals surface area contributed by atoms with E-state index in [9.17, 15) is 14.4 Å². The van der Waals surface area contributed by atoms with Gasteiger partial charge in [-0.1, -0.05) is 6.07 Å². The molecule has 0 aliphatic heterocycles. The van der Waals surface area contributed by atoms with Crippen LogP contribution in [0.5, 0.6) is 0 Å². The maximum atomic E-state index is 13.4. The molecule has 0 unspecified atom stereocenters. The monoisotopic (exact) mass is 342 g/mol. The van der Waals surface area contributed by atoms with Gasteiger partial charge in [0.1, 0.15) is 17.6 Å². The Labute approximate surface area is 142 Å². The van der Waals surface area contributed by atoms with Crippen molar-refractivity contribution in [2.45, 2.75) is 20.4 Å². The molecule has 7 heteroatoms. The van der Waals surface area contributed by atoms with E-state index in [0.29, 0.717) is 29.4 Å². The zero-order chi connectivity index (χ0) is 17.3. The summed E-state index contributed by atoms with van der Waals surface area (Å²) in [6.07, 6.45) is 0. The topological polar surface area (TPSA) is 61.4 Å². The van der Waals surface area contributed by atoms with E-state index in [0.717, 1.165) is 10.6 Å². The van der Waals surface area contributed by atoms with Crippen LogP contribution in [0.1, 0.15) is 23.2 Å². The molecule has 122 valence electrons. The predicted molar refractivity (Wildman–Crippen MR) is 91.9 cm³/mol. The van der Waals surface area contributed by atoms with Gasteiger partial charge in [-0.15, -0.1) is 11.3 Å². The van der Waals surface area contributed by atoms with Gasteiger partial charge in [-0.25, -0.2) is 13.8 Å². The van der Waals surface area contributed by atoms with Crippen molar-refractivity contribution in [2.24, 2.45) is 0 Å². The lowest BCUT2D eigenvalue weighted by Gasteiger charge is -2.22. The van der Waals surface area contributed by atoms with E-state index in [4.69, 9.17) is 0 Å². The Morgan fingerprint density at radius 1 is 1.42 bits per heavy atom. The normalized spacial score (nSPS) is 10.8. The van der Waals surface area contributed by atoms with Gasteiger partial charge in [-0.2, -0.15) is 5.26 Å². The van der Waals surface area contributed by atoms with Gasteiger partial charge in [0.25, 0.3) is 5.56 Å². The summed E-state index contributed by atoms with van der Waals surface area (Å²) in [5.41, 5.74) is 1.39. The molecule has 2 heterocycles. The van der Waals surface area contributed by atoms with Crippen LogP contribution < -0.4 is 10.5 Å². The fraction of sp³-hybridized carbons (Fsp3) is 0.235. The molecule has 0 aliphatic carbocycles. The molecule has 0 saturated heterocycles. The first-order chi connectivity index (χ1) is 11.5. The summed E-state index contributed by atoms with van der Waals surface area (Å²) < 4.78 is 14.8. The highest BCUT2D eigenvalue weighted by Gasteiger charge is 2.14. The van der Waals surface area contributed by atoms with E-state index >= 15 is 0 Å². The van der Waals surface area contributed by atoms with E-state index in [1.165, 1.54) is 33.9 Å². The number of rotatable bonds is 4. The summed E-state index contributed by atoms with van der Waals surface area (Å²) >= 11 is 1.32. The molecule has 0 N–H and O–H groups in total. The molecule has 0 fully saturated rings. The molecule has 2 aromatic heterocycles.